The van der Waals surface area contributed by atoms with E-state index < -0.39 is 0 Å². The second-order valence-corrected chi connectivity index (χ2v) is 6.81. The summed E-state index contributed by atoms with van der Waals surface area (Å²) in [4.78, 5) is 11.2. The van der Waals surface area contributed by atoms with Gasteiger partial charge in [0.2, 0.25) is 0 Å². The topological polar surface area (TPSA) is 66.8 Å². The molecule has 1 unspecified atom stereocenters. The van der Waals surface area contributed by atoms with E-state index in [2.05, 4.69) is 6.92 Å². The predicted molar refractivity (Wildman–Crippen MR) is 106 cm³/mol. The van der Waals surface area contributed by atoms with E-state index >= 15 is 0 Å². The van der Waals surface area contributed by atoms with E-state index in [0.29, 0.717) is 6.42 Å². The van der Waals surface area contributed by atoms with Crippen LogP contribution in [0.5, 0.6) is 0 Å². The van der Waals surface area contributed by atoms with E-state index in [4.69, 9.17) is 9.84 Å². The number of unbranched alkanes of at least 4 members (excludes halogenated alkanes) is 10. The summed E-state index contributed by atoms with van der Waals surface area (Å²) in [5, 5.41) is 18.2. The average molecular weight is 369 g/mol. The van der Waals surface area contributed by atoms with Gasteiger partial charge in [-0.05, 0) is 19.3 Å². The first-order valence-electron chi connectivity index (χ1n) is 10.1. The van der Waals surface area contributed by atoms with Crippen LogP contribution in [0, 0.1) is 0 Å². The van der Waals surface area contributed by atoms with Gasteiger partial charge in [0.25, 0.3) is 0 Å². The van der Waals surface area contributed by atoms with Gasteiger partial charge in [-0.1, -0.05) is 77.6 Å². The number of hydrogen-bond acceptors (Lipinski definition) is 4. The number of aliphatic hydroxyl groups is 2. The van der Waals surface area contributed by atoms with Crippen molar-refractivity contribution in [2.75, 3.05) is 13.2 Å². The number of carbonyl (C=O) groups excluding carboxylic acids is 1. The van der Waals surface area contributed by atoms with Crippen LogP contribution in [0.4, 0.5) is 0 Å². The first-order chi connectivity index (χ1) is 11.7. The van der Waals surface area contributed by atoms with E-state index in [1.165, 1.54) is 57.8 Å². The summed E-state index contributed by atoms with van der Waals surface area (Å²) in [5.41, 5.74) is 0. The van der Waals surface area contributed by atoms with Gasteiger partial charge in [-0.15, -0.1) is 0 Å². The van der Waals surface area contributed by atoms with Crippen molar-refractivity contribution in [1.29, 1.82) is 0 Å². The molecule has 0 aromatic heterocycles. The Kier molecular flexibility index (Phi) is 24.8. The van der Waals surface area contributed by atoms with E-state index in [1.54, 1.807) is 0 Å². The van der Waals surface area contributed by atoms with E-state index in [9.17, 15) is 9.90 Å². The van der Waals surface area contributed by atoms with Crippen molar-refractivity contribution in [2.24, 2.45) is 0 Å². The Bertz CT molecular complexity index is 274. The molecule has 0 amide bonds. The van der Waals surface area contributed by atoms with Crippen molar-refractivity contribution in [2.45, 2.75) is 109 Å². The minimum atomic E-state index is -0.189. The first-order valence-corrected chi connectivity index (χ1v) is 10.1. The van der Waals surface area contributed by atoms with Gasteiger partial charge in [0, 0.05) is 6.42 Å². The van der Waals surface area contributed by atoms with Crippen LogP contribution in [0.2, 0.25) is 0 Å². The molecule has 0 saturated heterocycles. The summed E-state index contributed by atoms with van der Waals surface area (Å²) >= 11 is 0. The summed E-state index contributed by atoms with van der Waals surface area (Å²) in [5.74, 6) is -0.189. The molecule has 0 aromatic rings. The number of rotatable bonds is 18. The third kappa shape index (κ3) is 22.3. The molecule has 0 spiro atoms. The van der Waals surface area contributed by atoms with Gasteiger partial charge >= 0.3 is 35.5 Å². The van der Waals surface area contributed by atoms with Gasteiger partial charge in [0.1, 0.15) is 6.61 Å². The molecule has 0 heterocycles. The third-order valence-electron chi connectivity index (χ3n) is 4.39. The first kappa shape index (κ1) is 27.6. The fourth-order valence-electron chi connectivity index (χ4n) is 2.95. The average Bonchev–Trinajstić information content (AvgIpc) is 2.57. The standard InChI is InChI=1S/C20H40O4.Na.H/c1-2-14-19(22)15-12-10-8-6-4-3-5-7-9-11-13-16-20(23)24-18-17-21;;/h19,21-22H,2-18H2,1H3;;. The molecule has 0 aliphatic rings. The molecule has 25 heavy (non-hydrogen) atoms. The zero-order valence-corrected chi connectivity index (χ0v) is 15.8. The molecule has 0 aliphatic carbocycles. The fraction of sp³-hybridized carbons (Fsp3) is 0.950. The molecule has 0 aromatic carbocycles. The second-order valence-electron chi connectivity index (χ2n) is 6.81. The molecule has 1 atom stereocenters. The Morgan fingerprint density at radius 1 is 0.840 bits per heavy atom. The molecule has 0 fully saturated rings. The SMILES string of the molecule is CCCC(O)CCCCCCCCCCCCCC(=O)OCCO.[NaH]. The molecule has 2 N–H and O–H groups in total. The van der Waals surface area contributed by atoms with Crippen molar-refractivity contribution in [3.05, 3.63) is 0 Å². The molecular weight excluding hydrogens is 327 g/mol. The van der Waals surface area contributed by atoms with E-state index in [-0.39, 0.29) is 54.8 Å². The van der Waals surface area contributed by atoms with Crippen molar-refractivity contribution in [3.63, 3.8) is 0 Å². The Hall–Kier alpha value is 0.390. The Balaban J connectivity index is 0. The second kappa shape index (κ2) is 22.4. The van der Waals surface area contributed by atoms with Crippen LogP contribution in [0.15, 0.2) is 0 Å². The number of esters is 1. The van der Waals surface area contributed by atoms with Gasteiger partial charge in [0.05, 0.1) is 12.7 Å². The molecule has 4 nitrogen and oxygen atoms in total. The summed E-state index contributed by atoms with van der Waals surface area (Å²) in [6.07, 6.45) is 16.8. The molecular formula is C20H41NaO4. The van der Waals surface area contributed by atoms with E-state index in [1.807, 2.05) is 0 Å². The van der Waals surface area contributed by atoms with Crippen LogP contribution in [0.3, 0.4) is 0 Å². The van der Waals surface area contributed by atoms with Crippen LogP contribution in [0.1, 0.15) is 103 Å². The molecule has 146 valence electrons. The normalized spacial score (nSPS) is 11.8. The van der Waals surface area contributed by atoms with Crippen LogP contribution in [-0.4, -0.2) is 65.1 Å². The fourth-order valence-corrected chi connectivity index (χ4v) is 2.95. The van der Waals surface area contributed by atoms with Crippen molar-refractivity contribution < 1.29 is 19.7 Å². The monoisotopic (exact) mass is 368 g/mol. The van der Waals surface area contributed by atoms with Gasteiger partial charge in [-0.3, -0.25) is 4.79 Å². The van der Waals surface area contributed by atoms with Crippen molar-refractivity contribution >= 4 is 35.5 Å². The zero-order chi connectivity index (χ0) is 17.9. The zero-order valence-electron chi connectivity index (χ0n) is 15.8. The van der Waals surface area contributed by atoms with Crippen LogP contribution in [-0.2, 0) is 9.53 Å². The summed E-state index contributed by atoms with van der Waals surface area (Å²) in [7, 11) is 0. The van der Waals surface area contributed by atoms with Gasteiger partial charge in [-0.2, -0.15) is 0 Å². The van der Waals surface area contributed by atoms with E-state index in [0.717, 1.165) is 32.1 Å². The number of carbonyl (C=O) groups is 1. The van der Waals surface area contributed by atoms with Crippen LogP contribution in [0.25, 0.3) is 0 Å². The molecule has 5 heteroatoms. The molecule has 0 aliphatic heterocycles. The minimum absolute atomic E-state index is 0. The Morgan fingerprint density at radius 2 is 1.32 bits per heavy atom. The third-order valence-corrected chi connectivity index (χ3v) is 4.39. The van der Waals surface area contributed by atoms with Gasteiger partial charge < -0.3 is 14.9 Å². The van der Waals surface area contributed by atoms with Crippen molar-refractivity contribution in [1.82, 2.24) is 0 Å². The molecule has 0 rings (SSSR count). The van der Waals surface area contributed by atoms with Gasteiger partial charge in [-0.25, -0.2) is 0 Å². The van der Waals surface area contributed by atoms with Gasteiger partial charge in [0.15, 0.2) is 0 Å². The summed E-state index contributed by atoms with van der Waals surface area (Å²) in [6, 6.07) is 0. The molecule has 0 saturated carbocycles. The van der Waals surface area contributed by atoms with Crippen molar-refractivity contribution in [3.8, 4) is 0 Å². The quantitative estimate of drug-likeness (QED) is 0.217. The molecule has 0 radical (unpaired) electrons. The summed E-state index contributed by atoms with van der Waals surface area (Å²) < 4.78 is 4.81. The maximum atomic E-state index is 11.2. The number of hydrogen-bond donors (Lipinski definition) is 2. The number of aliphatic hydroxyl groups excluding tert-OH is 2. The Labute approximate surface area is 177 Å². The maximum absolute atomic E-state index is 11.2. The van der Waals surface area contributed by atoms with Crippen LogP contribution < -0.4 is 0 Å². The number of ether oxygens (including phenoxy) is 1. The predicted octanol–water partition coefficient (Wildman–Crippen LogP) is 4.11. The Morgan fingerprint density at radius 3 is 1.80 bits per heavy atom. The van der Waals surface area contributed by atoms with Crippen LogP contribution >= 0.6 is 0 Å². The molecule has 0 bridgehead atoms. The summed E-state index contributed by atoms with van der Waals surface area (Å²) in [6.45, 7) is 2.15.